The number of nitriles is 1. The van der Waals surface area contributed by atoms with Gasteiger partial charge in [0.1, 0.15) is 11.5 Å². The first-order valence-electron chi connectivity index (χ1n) is 10.00. The molecule has 0 spiro atoms. The number of aromatic nitrogens is 2. The second-order valence-electron chi connectivity index (χ2n) is 7.49. The molecule has 0 fully saturated rings. The Balaban J connectivity index is 1.71. The zero-order valence-corrected chi connectivity index (χ0v) is 18.9. The van der Waals surface area contributed by atoms with Gasteiger partial charge in [0.2, 0.25) is 0 Å². The lowest BCUT2D eigenvalue weighted by atomic mass is 10.0. The summed E-state index contributed by atoms with van der Waals surface area (Å²) in [5, 5.41) is 13.2. The summed E-state index contributed by atoms with van der Waals surface area (Å²) in [5.41, 5.74) is -0.539. The molecule has 0 unspecified atom stereocenters. The first-order chi connectivity index (χ1) is 16.5. The molecule has 1 N–H and O–H groups in total. The van der Waals surface area contributed by atoms with Crippen molar-refractivity contribution in [3.63, 3.8) is 0 Å². The molecule has 35 heavy (non-hydrogen) atoms. The number of hydrogen-bond acceptors (Lipinski definition) is 6. The molecule has 0 aliphatic heterocycles. The van der Waals surface area contributed by atoms with Crippen LogP contribution < -0.4 is 5.32 Å². The van der Waals surface area contributed by atoms with E-state index in [4.69, 9.17) is 5.26 Å². The molecular formula is C25H15F3N4O2S. The molecule has 2 aromatic carbocycles. The van der Waals surface area contributed by atoms with Crippen molar-refractivity contribution in [1.82, 2.24) is 9.97 Å². The van der Waals surface area contributed by atoms with E-state index in [-0.39, 0.29) is 21.7 Å². The van der Waals surface area contributed by atoms with Gasteiger partial charge in [0, 0.05) is 40.7 Å². The fourth-order valence-electron chi connectivity index (χ4n) is 3.25. The Labute approximate surface area is 199 Å². The number of pyridine rings is 2. The number of alkyl halides is 3. The van der Waals surface area contributed by atoms with Gasteiger partial charge >= 0.3 is 6.18 Å². The van der Waals surface area contributed by atoms with Crippen molar-refractivity contribution in [2.24, 2.45) is 0 Å². The number of hydrogen-bond donors (Lipinski definition) is 1. The van der Waals surface area contributed by atoms with Crippen molar-refractivity contribution in [3.05, 3.63) is 89.4 Å². The molecule has 2 aromatic heterocycles. The van der Waals surface area contributed by atoms with Gasteiger partial charge in [-0.15, -0.1) is 0 Å². The van der Waals surface area contributed by atoms with Crippen LogP contribution in [-0.2, 0) is 16.0 Å². The Bertz CT molecular complexity index is 1650. The zero-order valence-electron chi connectivity index (χ0n) is 18.1. The quantitative estimate of drug-likeness (QED) is 0.402. The van der Waals surface area contributed by atoms with Crippen LogP contribution in [0.3, 0.4) is 0 Å². The van der Waals surface area contributed by atoms with Crippen molar-refractivity contribution in [2.75, 3.05) is 11.6 Å². The van der Waals surface area contributed by atoms with Gasteiger partial charge < -0.3 is 5.32 Å². The molecule has 0 aliphatic carbocycles. The Morgan fingerprint density at radius 2 is 1.71 bits per heavy atom. The van der Waals surface area contributed by atoms with Crippen LogP contribution in [-0.4, -0.2) is 24.6 Å². The molecule has 10 heteroatoms. The summed E-state index contributed by atoms with van der Waals surface area (Å²) in [6, 6.07) is 14.4. The molecule has 2 heterocycles. The van der Waals surface area contributed by atoms with Crippen molar-refractivity contribution in [1.29, 1.82) is 5.26 Å². The minimum atomic E-state index is -4.67. The van der Waals surface area contributed by atoms with Crippen LogP contribution >= 0.6 is 0 Å². The summed E-state index contributed by atoms with van der Waals surface area (Å²) in [7, 11) is -3.33. The highest BCUT2D eigenvalue weighted by molar-refractivity contribution is 7.90. The van der Waals surface area contributed by atoms with E-state index in [1.165, 1.54) is 24.4 Å². The van der Waals surface area contributed by atoms with Crippen LogP contribution in [0.2, 0.25) is 0 Å². The molecule has 0 saturated carbocycles. The average molecular weight is 492 g/mol. The van der Waals surface area contributed by atoms with Gasteiger partial charge in [0.25, 0.3) is 0 Å². The molecule has 0 atom stereocenters. The summed E-state index contributed by atoms with van der Waals surface area (Å²) < 4.78 is 63.6. The van der Waals surface area contributed by atoms with Gasteiger partial charge in [-0.05, 0) is 60.5 Å². The number of rotatable bonds is 3. The topological polar surface area (TPSA) is 95.7 Å². The van der Waals surface area contributed by atoms with E-state index in [9.17, 15) is 21.6 Å². The van der Waals surface area contributed by atoms with Crippen LogP contribution in [0.25, 0.3) is 10.8 Å². The highest BCUT2D eigenvalue weighted by atomic mass is 32.2. The first-order valence-corrected chi connectivity index (χ1v) is 11.9. The number of anilines is 2. The number of nitrogens with one attached hydrogen (secondary N) is 1. The van der Waals surface area contributed by atoms with E-state index in [1.54, 1.807) is 36.5 Å². The third-order valence-corrected chi connectivity index (χ3v) is 6.10. The third kappa shape index (κ3) is 5.40. The largest absolute Gasteiger partial charge is 0.417 e. The molecule has 0 bridgehead atoms. The van der Waals surface area contributed by atoms with E-state index < -0.39 is 21.6 Å². The fourth-order valence-corrected chi connectivity index (χ4v) is 3.88. The average Bonchev–Trinajstić information content (AvgIpc) is 2.82. The predicted octanol–water partition coefficient (Wildman–Crippen LogP) is 5.07. The number of halogens is 3. The Morgan fingerprint density at radius 1 is 0.971 bits per heavy atom. The Hall–Kier alpha value is -4.41. The summed E-state index contributed by atoms with van der Waals surface area (Å²) in [6.07, 6.45) is -0.505. The fraction of sp³-hybridized carbons (Fsp3) is 0.0800. The lowest BCUT2D eigenvalue weighted by Gasteiger charge is -2.09. The molecule has 174 valence electrons. The van der Waals surface area contributed by atoms with Crippen molar-refractivity contribution < 1.29 is 21.6 Å². The lowest BCUT2D eigenvalue weighted by Crippen LogP contribution is -2.08. The standard InChI is InChI=1S/C25H15F3N4O2S/c1-35(33,34)20-7-5-19(6-8-20)32-24-13-21-18(15-31-24)10-11-30-23(21)9-4-17-3-2-16(14-29)12-22(17)25(26,27)28/h2-3,5-8,10-13,15H,1H3,(H,31,32). The summed E-state index contributed by atoms with van der Waals surface area (Å²) >= 11 is 0. The van der Waals surface area contributed by atoms with Gasteiger partial charge in [-0.25, -0.2) is 18.4 Å². The SMILES string of the molecule is CS(=O)(=O)c1ccc(Nc2cc3c(C#Cc4ccc(C#N)cc4C(F)(F)F)nccc3cn2)cc1. The van der Waals surface area contributed by atoms with E-state index in [0.29, 0.717) is 22.3 Å². The maximum atomic E-state index is 13.5. The van der Waals surface area contributed by atoms with Gasteiger partial charge in [0.15, 0.2) is 9.84 Å². The third-order valence-electron chi connectivity index (χ3n) is 4.97. The van der Waals surface area contributed by atoms with Crippen LogP contribution in [0.1, 0.15) is 22.4 Å². The Morgan fingerprint density at radius 3 is 2.37 bits per heavy atom. The summed E-state index contributed by atoms with van der Waals surface area (Å²) in [6.45, 7) is 0. The molecule has 4 rings (SSSR count). The molecule has 0 radical (unpaired) electrons. The maximum absolute atomic E-state index is 13.5. The highest BCUT2D eigenvalue weighted by Gasteiger charge is 2.33. The number of nitrogens with zero attached hydrogens (tertiary/aromatic N) is 3. The molecule has 0 amide bonds. The molecule has 6 nitrogen and oxygen atoms in total. The molecule has 4 aromatic rings. The monoisotopic (exact) mass is 492 g/mol. The second-order valence-corrected chi connectivity index (χ2v) is 9.51. The number of sulfone groups is 1. The number of benzene rings is 2. The van der Waals surface area contributed by atoms with Gasteiger partial charge in [-0.2, -0.15) is 18.4 Å². The highest BCUT2D eigenvalue weighted by Crippen LogP contribution is 2.32. The normalized spacial score (nSPS) is 11.4. The van der Waals surface area contributed by atoms with Crippen molar-refractivity contribution in [2.45, 2.75) is 11.1 Å². The molecule has 0 saturated heterocycles. The van der Waals surface area contributed by atoms with Crippen LogP contribution in [0.4, 0.5) is 24.7 Å². The van der Waals surface area contributed by atoms with Gasteiger partial charge in [-0.1, -0.05) is 5.92 Å². The zero-order chi connectivity index (χ0) is 25.2. The van der Waals surface area contributed by atoms with Gasteiger partial charge in [0.05, 0.1) is 22.1 Å². The first kappa shape index (κ1) is 23.7. The van der Waals surface area contributed by atoms with E-state index >= 15 is 0 Å². The van der Waals surface area contributed by atoms with Crippen molar-refractivity contribution in [3.8, 4) is 17.9 Å². The molecule has 0 aliphatic rings. The van der Waals surface area contributed by atoms with E-state index in [0.717, 1.165) is 18.4 Å². The van der Waals surface area contributed by atoms with Crippen LogP contribution in [0.5, 0.6) is 0 Å². The summed E-state index contributed by atoms with van der Waals surface area (Å²) in [5.74, 6) is 5.64. The maximum Gasteiger partial charge on any atom is 0.417 e. The van der Waals surface area contributed by atoms with Gasteiger partial charge in [-0.3, -0.25) is 0 Å². The second kappa shape index (κ2) is 9.09. The summed E-state index contributed by atoms with van der Waals surface area (Å²) in [4.78, 5) is 8.70. The van der Waals surface area contributed by atoms with E-state index in [2.05, 4.69) is 27.1 Å². The van der Waals surface area contributed by atoms with Crippen LogP contribution in [0.15, 0.2) is 71.9 Å². The predicted molar refractivity (Wildman–Crippen MR) is 125 cm³/mol. The lowest BCUT2D eigenvalue weighted by molar-refractivity contribution is -0.137. The minimum Gasteiger partial charge on any atom is -0.340 e. The van der Waals surface area contributed by atoms with E-state index in [1.807, 2.05) is 0 Å². The number of fused-ring (bicyclic) bond motifs is 1. The minimum absolute atomic E-state index is 0.113. The molecular weight excluding hydrogens is 477 g/mol. The van der Waals surface area contributed by atoms with Crippen molar-refractivity contribution >= 4 is 32.1 Å². The Kier molecular flexibility index (Phi) is 6.16. The van der Waals surface area contributed by atoms with Crippen LogP contribution in [0, 0.1) is 23.2 Å². The smallest absolute Gasteiger partial charge is 0.340 e.